The van der Waals surface area contributed by atoms with Crippen molar-refractivity contribution < 1.29 is 23.5 Å². The number of ether oxygens (including phenoxy) is 1. The number of esters is 1. The number of fused-ring (bicyclic) bond motifs is 2. The quantitative estimate of drug-likeness (QED) is 0.487. The number of rotatable bonds is 4. The molecule has 1 fully saturated rings. The Bertz CT molecular complexity index is 1080. The normalized spacial score (nSPS) is 16.9. The predicted octanol–water partition coefficient (Wildman–Crippen LogP) is 2.84. The van der Waals surface area contributed by atoms with Gasteiger partial charge in [0.2, 0.25) is 0 Å². The average Bonchev–Trinajstić information content (AvgIpc) is 3.32. The lowest BCUT2D eigenvalue weighted by Gasteiger charge is -2.29. The van der Waals surface area contributed by atoms with Gasteiger partial charge < -0.3 is 14.1 Å². The van der Waals surface area contributed by atoms with Gasteiger partial charge >= 0.3 is 5.97 Å². The Labute approximate surface area is 172 Å². The van der Waals surface area contributed by atoms with Crippen molar-refractivity contribution in [1.29, 1.82) is 0 Å². The largest absolute Gasteiger partial charge is 0.443 e. The van der Waals surface area contributed by atoms with Crippen LogP contribution in [0.4, 0.5) is 6.01 Å². The first-order chi connectivity index (χ1) is 14.6. The smallest absolute Gasteiger partial charge is 0.310 e. The van der Waals surface area contributed by atoms with Crippen molar-refractivity contribution in [1.82, 2.24) is 9.88 Å². The van der Waals surface area contributed by atoms with E-state index in [1.54, 1.807) is 24.3 Å². The molecule has 2 aliphatic heterocycles. The molecule has 152 valence electrons. The first-order valence-electron chi connectivity index (χ1n) is 9.84. The molecule has 8 nitrogen and oxygen atoms in total. The van der Waals surface area contributed by atoms with Crippen molar-refractivity contribution >= 4 is 34.9 Å². The predicted molar refractivity (Wildman–Crippen MR) is 107 cm³/mol. The number of para-hydroxylation sites is 2. The van der Waals surface area contributed by atoms with Crippen LogP contribution in [0.25, 0.3) is 11.1 Å². The Morgan fingerprint density at radius 1 is 1.00 bits per heavy atom. The van der Waals surface area contributed by atoms with Crippen LogP contribution in [0.3, 0.4) is 0 Å². The fourth-order valence-corrected chi connectivity index (χ4v) is 3.90. The third kappa shape index (κ3) is 3.10. The molecule has 1 aromatic heterocycles. The molecule has 1 saturated heterocycles. The van der Waals surface area contributed by atoms with E-state index in [4.69, 9.17) is 9.15 Å². The molecule has 0 spiro atoms. The topological polar surface area (TPSA) is 93.0 Å². The molecule has 3 heterocycles. The third-order valence-electron chi connectivity index (χ3n) is 5.60. The fourth-order valence-electron chi connectivity index (χ4n) is 3.90. The maximum absolute atomic E-state index is 12.5. The first-order valence-corrected chi connectivity index (χ1v) is 9.84. The standard InChI is InChI=1S/C22H19N3O5/c26-19-15-5-1-2-6-16(15)20(27)25(19)13-29-21(28)14-9-11-24(12-10-14)22-23-17-7-3-4-8-18(17)30-22/h1-8,14H,9-13H2. The Morgan fingerprint density at radius 3 is 2.30 bits per heavy atom. The highest BCUT2D eigenvalue weighted by molar-refractivity contribution is 6.21. The highest BCUT2D eigenvalue weighted by Crippen LogP contribution is 2.27. The van der Waals surface area contributed by atoms with E-state index in [0.717, 1.165) is 16.0 Å². The van der Waals surface area contributed by atoms with E-state index in [-0.39, 0.29) is 12.6 Å². The summed E-state index contributed by atoms with van der Waals surface area (Å²) in [5.74, 6) is -1.56. The maximum atomic E-state index is 12.5. The number of anilines is 1. The minimum Gasteiger partial charge on any atom is -0.443 e. The van der Waals surface area contributed by atoms with Crippen molar-refractivity contribution in [2.75, 3.05) is 24.7 Å². The van der Waals surface area contributed by atoms with Crippen LogP contribution < -0.4 is 4.90 Å². The second kappa shape index (κ2) is 7.29. The molecule has 5 rings (SSSR count). The minimum atomic E-state index is -0.436. The van der Waals surface area contributed by atoms with Crippen LogP contribution in [0, 0.1) is 5.92 Å². The van der Waals surface area contributed by atoms with Crippen molar-refractivity contribution in [3.63, 3.8) is 0 Å². The Balaban J connectivity index is 1.17. The highest BCUT2D eigenvalue weighted by Gasteiger charge is 2.36. The number of oxazole rings is 1. The van der Waals surface area contributed by atoms with E-state index in [1.807, 2.05) is 29.2 Å². The van der Waals surface area contributed by atoms with Crippen LogP contribution in [0.2, 0.25) is 0 Å². The zero-order chi connectivity index (χ0) is 20.7. The highest BCUT2D eigenvalue weighted by atomic mass is 16.5. The Kier molecular flexibility index (Phi) is 4.46. The van der Waals surface area contributed by atoms with Crippen molar-refractivity contribution in [3.8, 4) is 0 Å². The summed E-state index contributed by atoms with van der Waals surface area (Å²) in [6.45, 7) is 0.857. The lowest BCUT2D eigenvalue weighted by molar-refractivity contribution is -0.151. The molecule has 30 heavy (non-hydrogen) atoms. The monoisotopic (exact) mass is 405 g/mol. The van der Waals surface area contributed by atoms with Gasteiger partial charge in [0.1, 0.15) is 5.52 Å². The first kappa shape index (κ1) is 18.4. The molecule has 2 amide bonds. The number of hydrogen-bond donors (Lipinski definition) is 0. The van der Waals surface area contributed by atoms with E-state index < -0.39 is 17.8 Å². The Morgan fingerprint density at radius 2 is 1.63 bits per heavy atom. The van der Waals surface area contributed by atoms with Gasteiger partial charge in [-0.1, -0.05) is 24.3 Å². The fraction of sp³-hybridized carbons (Fsp3) is 0.273. The summed E-state index contributed by atoms with van der Waals surface area (Å²) < 4.78 is 11.1. The zero-order valence-electron chi connectivity index (χ0n) is 16.1. The number of amides is 2. The molecular formula is C22H19N3O5. The van der Waals surface area contributed by atoms with Crippen molar-refractivity contribution in [2.45, 2.75) is 12.8 Å². The lowest BCUT2D eigenvalue weighted by Crippen LogP contribution is -2.39. The van der Waals surface area contributed by atoms with E-state index in [2.05, 4.69) is 4.98 Å². The summed E-state index contributed by atoms with van der Waals surface area (Å²) in [6.07, 6.45) is 1.17. The molecule has 0 unspecified atom stereocenters. The number of carbonyl (C=O) groups is 3. The molecular weight excluding hydrogens is 386 g/mol. The van der Waals surface area contributed by atoms with Gasteiger partial charge in [0.05, 0.1) is 17.0 Å². The summed E-state index contributed by atoms with van der Waals surface area (Å²) in [7, 11) is 0. The van der Waals surface area contributed by atoms with Crippen LogP contribution in [0.15, 0.2) is 52.9 Å². The summed E-state index contributed by atoms with van der Waals surface area (Å²) in [5, 5.41) is 0. The molecule has 0 radical (unpaired) electrons. The molecule has 0 saturated carbocycles. The SMILES string of the molecule is O=C(OCN1C(=O)c2ccccc2C1=O)C1CCN(c2nc3ccccc3o2)CC1. The number of imide groups is 1. The summed E-state index contributed by atoms with van der Waals surface area (Å²) >= 11 is 0. The van der Waals surface area contributed by atoms with Crippen LogP contribution in [0.1, 0.15) is 33.6 Å². The van der Waals surface area contributed by atoms with E-state index >= 15 is 0 Å². The molecule has 0 N–H and O–H groups in total. The maximum Gasteiger partial charge on any atom is 0.310 e. The van der Waals surface area contributed by atoms with Gasteiger partial charge in [0.25, 0.3) is 17.8 Å². The van der Waals surface area contributed by atoms with Crippen LogP contribution >= 0.6 is 0 Å². The van der Waals surface area contributed by atoms with Gasteiger partial charge in [-0.05, 0) is 37.1 Å². The molecule has 3 aromatic rings. The number of nitrogens with zero attached hydrogens (tertiary/aromatic N) is 3. The Hall–Kier alpha value is -3.68. The van der Waals surface area contributed by atoms with Gasteiger partial charge in [0.15, 0.2) is 12.3 Å². The van der Waals surface area contributed by atoms with Crippen molar-refractivity contribution in [3.05, 3.63) is 59.7 Å². The number of carbonyl (C=O) groups excluding carboxylic acids is 3. The van der Waals surface area contributed by atoms with Crippen LogP contribution in [-0.4, -0.2) is 47.5 Å². The van der Waals surface area contributed by atoms with Gasteiger partial charge in [0, 0.05) is 13.1 Å². The van der Waals surface area contributed by atoms with Gasteiger partial charge in [-0.15, -0.1) is 0 Å². The van der Waals surface area contributed by atoms with Gasteiger partial charge in [-0.25, -0.2) is 4.90 Å². The summed E-state index contributed by atoms with van der Waals surface area (Å²) in [6, 6.07) is 14.7. The average molecular weight is 405 g/mol. The van der Waals surface area contributed by atoms with Crippen LogP contribution in [0.5, 0.6) is 0 Å². The van der Waals surface area contributed by atoms with Gasteiger partial charge in [-0.3, -0.25) is 14.4 Å². The number of aromatic nitrogens is 1. The lowest BCUT2D eigenvalue weighted by atomic mass is 9.97. The van der Waals surface area contributed by atoms with E-state index in [1.165, 1.54) is 0 Å². The zero-order valence-corrected chi connectivity index (χ0v) is 16.1. The second-order valence-corrected chi connectivity index (χ2v) is 7.40. The van der Waals surface area contributed by atoms with Gasteiger partial charge in [-0.2, -0.15) is 4.98 Å². The minimum absolute atomic E-state index is 0.291. The molecule has 8 heteroatoms. The summed E-state index contributed by atoms with van der Waals surface area (Å²) in [5.41, 5.74) is 2.21. The molecule has 2 aliphatic rings. The third-order valence-corrected chi connectivity index (χ3v) is 5.60. The van der Waals surface area contributed by atoms with E-state index in [9.17, 15) is 14.4 Å². The second-order valence-electron chi connectivity index (χ2n) is 7.40. The molecule has 0 atom stereocenters. The van der Waals surface area contributed by atoms with Crippen molar-refractivity contribution in [2.24, 2.45) is 5.92 Å². The van der Waals surface area contributed by atoms with Crippen LogP contribution in [-0.2, 0) is 9.53 Å². The summed E-state index contributed by atoms with van der Waals surface area (Å²) in [4.78, 5) is 44.7. The number of piperidine rings is 1. The molecule has 2 aromatic carbocycles. The molecule has 0 bridgehead atoms. The number of hydrogen-bond acceptors (Lipinski definition) is 7. The molecule has 0 aliphatic carbocycles. The number of benzene rings is 2. The van der Waals surface area contributed by atoms with E-state index in [0.29, 0.717) is 43.1 Å².